The number of rotatable bonds is 5. The SMILES string of the molecule is Cc1ccc(C)c(S(=O)(=O)NCC(C)(C)N2CCOCC2)c1. The highest BCUT2D eigenvalue weighted by atomic mass is 32.2. The summed E-state index contributed by atoms with van der Waals surface area (Å²) < 4.78 is 33.3. The Hall–Kier alpha value is -0.950. The molecule has 124 valence electrons. The maximum absolute atomic E-state index is 12.6. The lowest BCUT2D eigenvalue weighted by atomic mass is 10.0. The van der Waals surface area contributed by atoms with Crippen LogP contribution in [0.4, 0.5) is 0 Å². The van der Waals surface area contributed by atoms with E-state index < -0.39 is 10.0 Å². The Morgan fingerprint density at radius 3 is 2.50 bits per heavy atom. The van der Waals surface area contributed by atoms with Crippen molar-refractivity contribution in [3.63, 3.8) is 0 Å². The first kappa shape index (κ1) is 17.4. The Balaban J connectivity index is 2.10. The van der Waals surface area contributed by atoms with E-state index in [0.717, 1.165) is 24.2 Å². The molecule has 0 atom stereocenters. The molecule has 1 fully saturated rings. The molecule has 0 amide bonds. The fraction of sp³-hybridized carbons (Fsp3) is 0.625. The summed E-state index contributed by atoms with van der Waals surface area (Å²) in [6.07, 6.45) is 0. The Bertz CT molecular complexity index is 620. The second-order valence-corrected chi connectivity index (χ2v) is 8.24. The van der Waals surface area contributed by atoms with Crippen LogP contribution in [0, 0.1) is 13.8 Å². The molecular weight excluding hydrogens is 300 g/mol. The van der Waals surface area contributed by atoms with Gasteiger partial charge in [0, 0.05) is 25.2 Å². The normalized spacial score (nSPS) is 17.6. The predicted octanol–water partition coefficient (Wildman–Crippen LogP) is 1.69. The van der Waals surface area contributed by atoms with Gasteiger partial charge in [0.05, 0.1) is 18.1 Å². The summed E-state index contributed by atoms with van der Waals surface area (Å²) in [5, 5.41) is 0. The number of nitrogens with one attached hydrogen (secondary N) is 1. The smallest absolute Gasteiger partial charge is 0.240 e. The predicted molar refractivity (Wildman–Crippen MR) is 87.6 cm³/mol. The molecule has 6 heteroatoms. The van der Waals surface area contributed by atoms with Crippen LogP contribution in [0.15, 0.2) is 23.1 Å². The van der Waals surface area contributed by atoms with E-state index in [9.17, 15) is 8.42 Å². The molecule has 0 unspecified atom stereocenters. The lowest BCUT2D eigenvalue weighted by molar-refractivity contribution is -0.00803. The van der Waals surface area contributed by atoms with E-state index in [1.54, 1.807) is 6.07 Å². The molecule has 1 aromatic carbocycles. The van der Waals surface area contributed by atoms with Crippen LogP contribution >= 0.6 is 0 Å². The lowest BCUT2D eigenvalue weighted by Crippen LogP contribution is -2.55. The highest BCUT2D eigenvalue weighted by Crippen LogP contribution is 2.19. The van der Waals surface area contributed by atoms with E-state index in [4.69, 9.17) is 4.74 Å². The molecule has 1 saturated heterocycles. The van der Waals surface area contributed by atoms with E-state index in [1.807, 2.05) is 26.0 Å². The van der Waals surface area contributed by atoms with Crippen molar-refractivity contribution in [1.29, 1.82) is 0 Å². The van der Waals surface area contributed by atoms with E-state index in [2.05, 4.69) is 23.5 Å². The third kappa shape index (κ3) is 4.07. The van der Waals surface area contributed by atoms with Crippen molar-refractivity contribution in [1.82, 2.24) is 9.62 Å². The average molecular weight is 326 g/mol. The Morgan fingerprint density at radius 1 is 1.23 bits per heavy atom. The quantitative estimate of drug-likeness (QED) is 0.895. The van der Waals surface area contributed by atoms with Gasteiger partial charge in [-0.25, -0.2) is 13.1 Å². The molecule has 0 aliphatic carbocycles. The van der Waals surface area contributed by atoms with Crippen molar-refractivity contribution < 1.29 is 13.2 Å². The third-order valence-corrected chi connectivity index (χ3v) is 5.74. The molecular formula is C16H26N2O3S. The standard InChI is InChI=1S/C16H26N2O3S/c1-13-5-6-14(2)15(11-13)22(19,20)17-12-16(3,4)18-7-9-21-10-8-18/h5-6,11,17H,7-10,12H2,1-4H3. The van der Waals surface area contributed by atoms with Crippen LogP contribution in [0.1, 0.15) is 25.0 Å². The van der Waals surface area contributed by atoms with Crippen LogP contribution in [0.3, 0.4) is 0 Å². The monoisotopic (exact) mass is 326 g/mol. The van der Waals surface area contributed by atoms with Crippen LogP contribution in [0.25, 0.3) is 0 Å². The van der Waals surface area contributed by atoms with Gasteiger partial charge in [-0.05, 0) is 44.9 Å². The lowest BCUT2D eigenvalue weighted by Gasteiger charge is -2.40. The van der Waals surface area contributed by atoms with Crippen LogP contribution in [0.2, 0.25) is 0 Å². The summed E-state index contributed by atoms with van der Waals surface area (Å²) in [6.45, 7) is 11.3. The maximum atomic E-state index is 12.6. The van der Waals surface area contributed by atoms with Crippen LogP contribution in [-0.2, 0) is 14.8 Å². The Morgan fingerprint density at radius 2 is 1.86 bits per heavy atom. The van der Waals surface area contributed by atoms with Crippen LogP contribution in [0.5, 0.6) is 0 Å². The molecule has 0 spiro atoms. The second kappa shape index (κ2) is 6.66. The van der Waals surface area contributed by atoms with Crippen molar-refractivity contribution in [3.05, 3.63) is 29.3 Å². The largest absolute Gasteiger partial charge is 0.379 e. The zero-order chi connectivity index (χ0) is 16.4. The first-order chi connectivity index (χ1) is 10.2. The third-order valence-electron chi connectivity index (χ3n) is 4.20. The molecule has 22 heavy (non-hydrogen) atoms. The number of nitrogens with zero attached hydrogens (tertiary/aromatic N) is 1. The fourth-order valence-electron chi connectivity index (χ4n) is 2.63. The van der Waals surface area contributed by atoms with Crippen molar-refractivity contribution in [3.8, 4) is 0 Å². The molecule has 1 aliphatic rings. The number of hydrogen-bond donors (Lipinski definition) is 1. The highest BCUT2D eigenvalue weighted by Gasteiger charge is 2.30. The van der Waals surface area contributed by atoms with Gasteiger partial charge in [0.1, 0.15) is 0 Å². The van der Waals surface area contributed by atoms with E-state index in [0.29, 0.717) is 24.7 Å². The first-order valence-electron chi connectivity index (χ1n) is 7.62. The van der Waals surface area contributed by atoms with Gasteiger partial charge in [0.15, 0.2) is 0 Å². The van der Waals surface area contributed by atoms with Gasteiger partial charge < -0.3 is 4.74 Å². The maximum Gasteiger partial charge on any atom is 0.240 e. The average Bonchev–Trinajstić information content (AvgIpc) is 2.49. The second-order valence-electron chi connectivity index (χ2n) is 6.51. The number of ether oxygens (including phenoxy) is 1. The van der Waals surface area contributed by atoms with E-state index in [-0.39, 0.29) is 5.54 Å². The van der Waals surface area contributed by atoms with Crippen LogP contribution in [-0.4, -0.2) is 51.7 Å². The fourth-order valence-corrected chi connectivity index (χ4v) is 4.16. The number of sulfonamides is 1. The summed E-state index contributed by atoms with van der Waals surface area (Å²) in [7, 11) is -3.49. The molecule has 0 radical (unpaired) electrons. The summed E-state index contributed by atoms with van der Waals surface area (Å²) in [5.74, 6) is 0. The minimum atomic E-state index is -3.49. The molecule has 0 aromatic heterocycles. The number of benzene rings is 1. The molecule has 1 N–H and O–H groups in total. The van der Waals surface area contributed by atoms with Gasteiger partial charge in [-0.15, -0.1) is 0 Å². The van der Waals surface area contributed by atoms with Crippen molar-refractivity contribution in [2.75, 3.05) is 32.8 Å². The van der Waals surface area contributed by atoms with E-state index in [1.165, 1.54) is 0 Å². The first-order valence-corrected chi connectivity index (χ1v) is 9.10. The molecule has 2 rings (SSSR count). The highest BCUT2D eigenvalue weighted by molar-refractivity contribution is 7.89. The Labute approximate surface area is 133 Å². The molecule has 0 saturated carbocycles. The van der Waals surface area contributed by atoms with Crippen molar-refractivity contribution in [2.24, 2.45) is 0 Å². The topological polar surface area (TPSA) is 58.6 Å². The molecule has 5 nitrogen and oxygen atoms in total. The summed E-state index contributed by atoms with van der Waals surface area (Å²) in [4.78, 5) is 2.63. The summed E-state index contributed by atoms with van der Waals surface area (Å²) >= 11 is 0. The summed E-state index contributed by atoms with van der Waals surface area (Å²) in [6, 6.07) is 5.49. The number of morpholine rings is 1. The molecule has 1 aromatic rings. The van der Waals surface area contributed by atoms with Gasteiger partial charge in [-0.2, -0.15) is 0 Å². The van der Waals surface area contributed by atoms with Gasteiger partial charge in [0.2, 0.25) is 10.0 Å². The van der Waals surface area contributed by atoms with Crippen molar-refractivity contribution >= 4 is 10.0 Å². The minimum absolute atomic E-state index is 0.241. The molecule has 1 heterocycles. The van der Waals surface area contributed by atoms with E-state index >= 15 is 0 Å². The number of aryl methyl sites for hydroxylation is 2. The van der Waals surface area contributed by atoms with Gasteiger partial charge in [-0.3, -0.25) is 4.90 Å². The zero-order valence-electron chi connectivity index (χ0n) is 13.8. The van der Waals surface area contributed by atoms with Gasteiger partial charge in [0.25, 0.3) is 0 Å². The Kier molecular flexibility index (Phi) is 5.27. The van der Waals surface area contributed by atoms with Gasteiger partial charge >= 0.3 is 0 Å². The van der Waals surface area contributed by atoms with Gasteiger partial charge in [-0.1, -0.05) is 12.1 Å². The van der Waals surface area contributed by atoms with Crippen LogP contribution < -0.4 is 4.72 Å². The minimum Gasteiger partial charge on any atom is -0.379 e. The molecule has 0 bridgehead atoms. The molecule has 1 aliphatic heterocycles. The number of hydrogen-bond acceptors (Lipinski definition) is 4. The summed E-state index contributed by atoms with van der Waals surface area (Å²) in [5.41, 5.74) is 1.47. The zero-order valence-corrected chi connectivity index (χ0v) is 14.7. The van der Waals surface area contributed by atoms with Crippen molar-refractivity contribution in [2.45, 2.75) is 38.1 Å².